The van der Waals surface area contributed by atoms with Crippen LogP contribution in [0.3, 0.4) is 0 Å². The Morgan fingerprint density at radius 3 is 2.81 bits per heavy atom. The largest absolute Gasteiger partial charge is 0.394 e. The number of ether oxygens (including phenoxy) is 1. The number of aryl methyl sites for hydroxylation is 1. The molecular formula is C8H16N4O3S. The highest BCUT2D eigenvalue weighted by Crippen LogP contribution is 2.17. The van der Waals surface area contributed by atoms with Gasteiger partial charge in [0.2, 0.25) is 10.0 Å². The molecule has 92 valence electrons. The zero-order valence-corrected chi connectivity index (χ0v) is 10.1. The Hall–Kier alpha value is -1.28. The first-order chi connectivity index (χ1) is 7.46. The van der Waals surface area contributed by atoms with Crippen LogP contribution in [0.1, 0.15) is 6.92 Å². The second-order valence-corrected chi connectivity index (χ2v) is 5.03. The SMILES string of the molecule is CCOCCS(=O)(=O)Nc1c(N)cnn1C. The molecule has 0 spiro atoms. The lowest BCUT2D eigenvalue weighted by molar-refractivity contribution is 0.163. The number of anilines is 2. The van der Waals surface area contributed by atoms with Crippen molar-refractivity contribution in [2.24, 2.45) is 7.05 Å². The maximum Gasteiger partial charge on any atom is 0.236 e. The maximum absolute atomic E-state index is 11.6. The molecule has 8 heteroatoms. The van der Waals surface area contributed by atoms with Crippen molar-refractivity contribution in [3.8, 4) is 0 Å². The van der Waals surface area contributed by atoms with Crippen molar-refractivity contribution in [3.63, 3.8) is 0 Å². The third-order valence-corrected chi connectivity index (χ3v) is 3.13. The van der Waals surface area contributed by atoms with Gasteiger partial charge in [-0.1, -0.05) is 0 Å². The van der Waals surface area contributed by atoms with Gasteiger partial charge in [0.25, 0.3) is 0 Å². The van der Waals surface area contributed by atoms with Crippen LogP contribution in [0.4, 0.5) is 11.5 Å². The highest BCUT2D eigenvalue weighted by Gasteiger charge is 2.14. The molecule has 0 radical (unpaired) electrons. The van der Waals surface area contributed by atoms with Crippen molar-refractivity contribution in [3.05, 3.63) is 6.20 Å². The van der Waals surface area contributed by atoms with Gasteiger partial charge in [-0.15, -0.1) is 0 Å². The van der Waals surface area contributed by atoms with Gasteiger partial charge >= 0.3 is 0 Å². The van der Waals surface area contributed by atoms with E-state index in [-0.39, 0.29) is 18.2 Å². The fraction of sp³-hybridized carbons (Fsp3) is 0.625. The second-order valence-electron chi connectivity index (χ2n) is 3.19. The van der Waals surface area contributed by atoms with Crippen molar-refractivity contribution in [2.45, 2.75) is 6.92 Å². The molecule has 0 fully saturated rings. The Balaban J connectivity index is 2.66. The molecule has 0 saturated carbocycles. The Morgan fingerprint density at radius 1 is 1.62 bits per heavy atom. The summed E-state index contributed by atoms with van der Waals surface area (Å²) in [4.78, 5) is 0. The third-order valence-electron chi connectivity index (χ3n) is 1.92. The molecule has 1 rings (SSSR count). The average molecular weight is 248 g/mol. The molecule has 0 unspecified atom stereocenters. The van der Waals surface area contributed by atoms with Gasteiger partial charge in [0, 0.05) is 13.7 Å². The van der Waals surface area contributed by atoms with Crippen LogP contribution in [0.5, 0.6) is 0 Å². The lowest BCUT2D eigenvalue weighted by Crippen LogP contribution is -2.22. The molecule has 0 atom stereocenters. The first-order valence-electron chi connectivity index (χ1n) is 4.82. The highest BCUT2D eigenvalue weighted by molar-refractivity contribution is 7.92. The Morgan fingerprint density at radius 2 is 2.31 bits per heavy atom. The van der Waals surface area contributed by atoms with E-state index in [1.807, 2.05) is 0 Å². The summed E-state index contributed by atoms with van der Waals surface area (Å²) >= 11 is 0. The van der Waals surface area contributed by atoms with E-state index in [1.54, 1.807) is 14.0 Å². The van der Waals surface area contributed by atoms with Gasteiger partial charge in [-0.3, -0.25) is 9.40 Å². The van der Waals surface area contributed by atoms with E-state index in [0.717, 1.165) is 0 Å². The van der Waals surface area contributed by atoms with E-state index in [0.29, 0.717) is 12.3 Å². The molecule has 1 heterocycles. The van der Waals surface area contributed by atoms with Crippen LogP contribution in [0.25, 0.3) is 0 Å². The van der Waals surface area contributed by atoms with Crippen molar-refractivity contribution >= 4 is 21.5 Å². The quantitative estimate of drug-likeness (QED) is 0.678. The summed E-state index contributed by atoms with van der Waals surface area (Å²) in [6.07, 6.45) is 1.39. The first-order valence-corrected chi connectivity index (χ1v) is 6.47. The van der Waals surface area contributed by atoms with Crippen molar-refractivity contribution in [1.29, 1.82) is 0 Å². The molecule has 0 bridgehead atoms. The van der Waals surface area contributed by atoms with Crippen LogP contribution in [0.15, 0.2) is 6.20 Å². The van der Waals surface area contributed by atoms with Gasteiger partial charge < -0.3 is 10.5 Å². The smallest absolute Gasteiger partial charge is 0.236 e. The minimum Gasteiger partial charge on any atom is -0.394 e. The molecular weight excluding hydrogens is 232 g/mol. The lowest BCUT2D eigenvalue weighted by atomic mass is 10.5. The Bertz CT molecular complexity index is 421. The lowest BCUT2D eigenvalue weighted by Gasteiger charge is -2.08. The summed E-state index contributed by atoms with van der Waals surface area (Å²) in [7, 11) is -1.83. The fourth-order valence-corrected chi connectivity index (χ4v) is 2.07. The standard InChI is InChI=1S/C8H16N4O3S/c1-3-15-4-5-16(13,14)11-8-7(9)6-10-12(8)2/h6,11H,3-5,9H2,1-2H3. The number of nitrogens with zero attached hydrogens (tertiary/aromatic N) is 2. The summed E-state index contributed by atoms with van der Waals surface area (Å²) in [5.74, 6) is 0.169. The number of nitrogens with two attached hydrogens (primary N) is 1. The molecule has 0 saturated heterocycles. The van der Waals surface area contributed by atoms with E-state index in [2.05, 4.69) is 9.82 Å². The van der Waals surface area contributed by atoms with E-state index in [4.69, 9.17) is 10.5 Å². The van der Waals surface area contributed by atoms with Gasteiger partial charge in [-0.2, -0.15) is 5.10 Å². The normalized spacial score (nSPS) is 11.6. The molecule has 0 aliphatic heterocycles. The van der Waals surface area contributed by atoms with Crippen LogP contribution in [-0.2, 0) is 21.8 Å². The van der Waals surface area contributed by atoms with E-state index in [9.17, 15) is 8.42 Å². The van der Waals surface area contributed by atoms with Crippen molar-refractivity contribution < 1.29 is 13.2 Å². The zero-order chi connectivity index (χ0) is 12.2. The van der Waals surface area contributed by atoms with Gasteiger partial charge in [-0.05, 0) is 6.92 Å². The second kappa shape index (κ2) is 5.17. The van der Waals surface area contributed by atoms with Crippen LogP contribution in [0, 0.1) is 0 Å². The number of nitrogen functional groups attached to an aromatic ring is 1. The predicted octanol–water partition coefficient (Wildman–Crippen LogP) is -0.219. The summed E-state index contributed by atoms with van der Waals surface area (Å²) < 4.78 is 31.9. The van der Waals surface area contributed by atoms with Gasteiger partial charge in [-0.25, -0.2) is 8.42 Å². The number of sulfonamides is 1. The average Bonchev–Trinajstić information content (AvgIpc) is 2.49. The third kappa shape index (κ3) is 3.38. The summed E-state index contributed by atoms with van der Waals surface area (Å²) in [5, 5.41) is 3.83. The molecule has 3 N–H and O–H groups in total. The molecule has 1 aromatic heterocycles. The molecule has 0 aromatic carbocycles. The predicted molar refractivity (Wildman–Crippen MR) is 61.5 cm³/mol. The summed E-state index contributed by atoms with van der Waals surface area (Å²) in [6, 6.07) is 0. The Kier molecular flexibility index (Phi) is 4.13. The molecule has 16 heavy (non-hydrogen) atoms. The van der Waals surface area contributed by atoms with Gasteiger partial charge in [0.15, 0.2) is 5.82 Å². The van der Waals surface area contributed by atoms with E-state index < -0.39 is 10.0 Å². The monoisotopic (exact) mass is 248 g/mol. The summed E-state index contributed by atoms with van der Waals surface area (Å²) in [6.45, 7) is 2.45. The Labute approximate surface area is 94.6 Å². The molecule has 0 aliphatic carbocycles. The topological polar surface area (TPSA) is 99.2 Å². The number of hydrogen-bond donors (Lipinski definition) is 2. The van der Waals surface area contributed by atoms with Crippen LogP contribution in [0.2, 0.25) is 0 Å². The van der Waals surface area contributed by atoms with Crippen LogP contribution < -0.4 is 10.5 Å². The number of rotatable bonds is 6. The number of aromatic nitrogens is 2. The first kappa shape index (κ1) is 12.8. The zero-order valence-electron chi connectivity index (χ0n) is 9.30. The number of hydrogen-bond acceptors (Lipinski definition) is 5. The van der Waals surface area contributed by atoms with E-state index >= 15 is 0 Å². The van der Waals surface area contributed by atoms with Gasteiger partial charge in [0.05, 0.1) is 24.2 Å². The van der Waals surface area contributed by atoms with Crippen LogP contribution in [-0.4, -0.2) is 37.2 Å². The minimum atomic E-state index is -3.44. The highest BCUT2D eigenvalue weighted by atomic mass is 32.2. The maximum atomic E-state index is 11.6. The summed E-state index contributed by atoms with van der Waals surface area (Å²) in [5.41, 5.74) is 5.86. The molecule has 0 amide bonds. The van der Waals surface area contributed by atoms with Crippen LogP contribution >= 0.6 is 0 Å². The molecule has 7 nitrogen and oxygen atoms in total. The number of nitrogens with one attached hydrogen (secondary N) is 1. The fourth-order valence-electron chi connectivity index (χ4n) is 1.09. The van der Waals surface area contributed by atoms with Crippen molar-refractivity contribution in [1.82, 2.24) is 9.78 Å². The minimum absolute atomic E-state index is 0.106. The molecule has 1 aromatic rings. The van der Waals surface area contributed by atoms with E-state index in [1.165, 1.54) is 10.9 Å². The molecule has 0 aliphatic rings. The van der Waals surface area contributed by atoms with Crippen molar-refractivity contribution in [2.75, 3.05) is 29.4 Å². The van der Waals surface area contributed by atoms with Gasteiger partial charge in [0.1, 0.15) is 0 Å².